The average Bonchev–Trinajstić information content (AvgIpc) is 2.61. The Morgan fingerprint density at radius 3 is 2.67 bits per heavy atom. The maximum absolute atomic E-state index is 11.5. The van der Waals surface area contributed by atoms with Crippen LogP contribution in [0.25, 0.3) is 0 Å². The molecular weight excluding hydrogens is 308 g/mol. The van der Waals surface area contributed by atoms with Gasteiger partial charge in [0.1, 0.15) is 12.4 Å². The summed E-state index contributed by atoms with van der Waals surface area (Å²) in [5, 5.41) is 13.9. The fraction of sp³-hybridized carbons (Fsp3) is 0.278. The topological polar surface area (TPSA) is 79.8 Å². The minimum Gasteiger partial charge on any atom is -0.491 e. The zero-order valence-electron chi connectivity index (χ0n) is 13.4. The molecule has 3 N–H and O–H groups in total. The second-order valence-electron chi connectivity index (χ2n) is 5.02. The van der Waals surface area contributed by atoms with Crippen LogP contribution in [0.2, 0.25) is 0 Å². The number of rotatable bonds is 9. The van der Waals surface area contributed by atoms with E-state index in [0.29, 0.717) is 25.5 Å². The van der Waals surface area contributed by atoms with Crippen LogP contribution in [0.15, 0.2) is 54.6 Å². The van der Waals surface area contributed by atoms with Crippen molar-refractivity contribution in [3.63, 3.8) is 0 Å². The molecule has 2 aromatic rings. The molecule has 0 aromatic heterocycles. The third-order valence-corrected chi connectivity index (χ3v) is 3.09. The number of aliphatic hydroxyl groups is 1. The van der Waals surface area contributed by atoms with Gasteiger partial charge in [0.15, 0.2) is 0 Å². The number of para-hydroxylation sites is 1. The molecular formula is C18H22N2O4. The molecule has 0 aliphatic carbocycles. The van der Waals surface area contributed by atoms with E-state index in [0.717, 1.165) is 11.3 Å². The van der Waals surface area contributed by atoms with E-state index in [1.165, 1.54) is 0 Å². The van der Waals surface area contributed by atoms with Crippen molar-refractivity contribution in [3.05, 3.63) is 60.2 Å². The zero-order chi connectivity index (χ0) is 17.0. The van der Waals surface area contributed by atoms with Crippen LogP contribution in [0.3, 0.4) is 0 Å². The highest BCUT2D eigenvalue weighted by Gasteiger charge is 2.02. The lowest BCUT2D eigenvalue weighted by Crippen LogP contribution is -2.30. The highest BCUT2D eigenvalue weighted by molar-refractivity contribution is 5.89. The standard InChI is InChI=1S/C18H22N2O4/c21-10-9-19-18(22)20-16-6-4-5-15(13-16)14-23-11-12-24-17-7-2-1-3-8-17/h1-8,13,21H,9-12,14H2,(H2,19,20,22). The predicted molar refractivity (Wildman–Crippen MR) is 92.1 cm³/mol. The molecule has 2 aromatic carbocycles. The normalized spacial score (nSPS) is 10.2. The first-order valence-corrected chi connectivity index (χ1v) is 7.78. The third-order valence-electron chi connectivity index (χ3n) is 3.09. The van der Waals surface area contributed by atoms with Gasteiger partial charge >= 0.3 is 6.03 Å². The number of urea groups is 1. The molecule has 0 bridgehead atoms. The number of hydrogen-bond acceptors (Lipinski definition) is 4. The minimum atomic E-state index is -0.349. The summed E-state index contributed by atoms with van der Waals surface area (Å²) in [7, 11) is 0. The Kier molecular flexibility index (Phi) is 7.59. The first-order valence-electron chi connectivity index (χ1n) is 7.78. The van der Waals surface area contributed by atoms with Crippen molar-refractivity contribution in [1.82, 2.24) is 5.32 Å². The van der Waals surface area contributed by atoms with Crippen LogP contribution in [0.4, 0.5) is 10.5 Å². The fourth-order valence-electron chi connectivity index (χ4n) is 2.01. The number of hydrogen-bond donors (Lipinski definition) is 3. The van der Waals surface area contributed by atoms with Crippen molar-refractivity contribution in [2.45, 2.75) is 6.61 Å². The Bertz CT molecular complexity index is 619. The average molecular weight is 330 g/mol. The number of amides is 2. The lowest BCUT2D eigenvalue weighted by atomic mass is 10.2. The number of nitrogens with one attached hydrogen (secondary N) is 2. The van der Waals surface area contributed by atoms with Gasteiger partial charge < -0.3 is 25.2 Å². The molecule has 6 nitrogen and oxygen atoms in total. The largest absolute Gasteiger partial charge is 0.491 e. The van der Waals surface area contributed by atoms with Crippen LogP contribution >= 0.6 is 0 Å². The minimum absolute atomic E-state index is 0.0909. The third kappa shape index (κ3) is 6.68. The van der Waals surface area contributed by atoms with Crippen molar-refractivity contribution in [2.24, 2.45) is 0 Å². The van der Waals surface area contributed by atoms with Crippen LogP contribution < -0.4 is 15.4 Å². The summed E-state index contributed by atoms with van der Waals surface area (Å²) in [5.41, 5.74) is 1.63. The number of carbonyl (C=O) groups is 1. The molecule has 0 atom stereocenters. The Morgan fingerprint density at radius 1 is 1.04 bits per heavy atom. The molecule has 0 aliphatic rings. The Labute approximate surface area is 141 Å². The van der Waals surface area contributed by atoms with Crippen LogP contribution in [0.1, 0.15) is 5.56 Å². The number of anilines is 1. The van der Waals surface area contributed by atoms with Crippen molar-refractivity contribution >= 4 is 11.7 Å². The highest BCUT2D eigenvalue weighted by atomic mass is 16.5. The molecule has 0 aliphatic heterocycles. The Morgan fingerprint density at radius 2 is 1.88 bits per heavy atom. The summed E-state index contributed by atoms with van der Waals surface area (Å²) in [4.78, 5) is 11.5. The van der Waals surface area contributed by atoms with E-state index in [4.69, 9.17) is 14.6 Å². The number of carbonyl (C=O) groups excluding carboxylic acids is 1. The summed E-state index contributed by atoms with van der Waals surface area (Å²) in [5.74, 6) is 0.821. The van der Waals surface area contributed by atoms with Gasteiger partial charge in [-0.15, -0.1) is 0 Å². The summed E-state index contributed by atoms with van der Waals surface area (Å²) < 4.78 is 11.1. The highest BCUT2D eigenvalue weighted by Crippen LogP contribution is 2.12. The Balaban J connectivity index is 1.69. The van der Waals surface area contributed by atoms with Gasteiger partial charge in [0, 0.05) is 12.2 Å². The molecule has 2 amide bonds. The first-order chi connectivity index (χ1) is 11.8. The van der Waals surface area contributed by atoms with E-state index in [-0.39, 0.29) is 19.2 Å². The van der Waals surface area contributed by atoms with Gasteiger partial charge in [-0.1, -0.05) is 30.3 Å². The van der Waals surface area contributed by atoms with E-state index >= 15 is 0 Å². The summed E-state index contributed by atoms with van der Waals surface area (Å²) in [6, 6.07) is 16.6. The smallest absolute Gasteiger partial charge is 0.319 e. The molecule has 0 saturated heterocycles. The molecule has 0 spiro atoms. The van der Waals surface area contributed by atoms with Gasteiger partial charge in [-0.3, -0.25) is 0 Å². The molecule has 6 heteroatoms. The molecule has 0 radical (unpaired) electrons. The van der Waals surface area contributed by atoms with Gasteiger partial charge in [0.05, 0.1) is 19.8 Å². The Hall–Kier alpha value is -2.57. The lowest BCUT2D eigenvalue weighted by Gasteiger charge is -2.09. The number of benzene rings is 2. The first kappa shape index (κ1) is 17.8. The predicted octanol–water partition coefficient (Wildman–Crippen LogP) is 2.40. The van der Waals surface area contributed by atoms with Crippen LogP contribution in [-0.2, 0) is 11.3 Å². The van der Waals surface area contributed by atoms with Crippen molar-refractivity contribution in [3.8, 4) is 5.75 Å². The SMILES string of the molecule is O=C(NCCO)Nc1cccc(COCCOc2ccccc2)c1. The van der Waals surface area contributed by atoms with Crippen molar-refractivity contribution in [1.29, 1.82) is 0 Å². The van der Waals surface area contributed by atoms with E-state index in [2.05, 4.69) is 10.6 Å². The molecule has 0 fully saturated rings. The van der Waals surface area contributed by atoms with Gasteiger partial charge in [-0.2, -0.15) is 0 Å². The molecule has 128 valence electrons. The van der Waals surface area contributed by atoms with E-state index < -0.39 is 0 Å². The maximum atomic E-state index is 11.5. The second-order valence-corrected chi connectivity index (χ2v) is 5.02. The van der Waals surface area contributed by atoms with Gasteiger partial charge in [0.2, 0.25) is 0 Å². The second kappa shape index (κ2) is 10.3. The molecule has 2 rings (SSSR count). The quantitative estimate of drug-likeness (QED) is 0.617. The van der Waals surface area contributed by atoms with E-state index in [1.54, 1.807) is 6.07 Å². The van der Waals surface area contributed by atoms with Gasteiger partial charge in [-0.05, 0) is 29.8 Å². The van der Waals surface area contributed by atoms with Crippen molar-refractivity contribution < 1.29 is 19.4 Å². The lowest BCUT2D eigenvalue weighted by molar-refractivity contribution is 0.0889. The van der Waals surface area contributed by atoms with Crippen LogP contribution in [0.5, 0.6) is 5.75 Å². The van der Waals surface area contributed by atoms with Gasteiger partial charge in [-0.25, -0.2) is 4.79 Å². The zero-order valence-corrected chi connectivity index (χ0v) is 13.4. The summed E-state index contributed by atoms with van der Waals surface area (Å²) >= 11 is 0. The molecule has 24 heavy (non-hydrogen) atoms. The summed E-state index contributed by atoms with van der Waals surface area (Å²) in [6.45, 7) is 1.52. The molecule has 0 saturated carbocycles. The summed E-state index contributed by atoms with van der Waals surface area (Å²) in [6.07, 6.45) is 0. The molecule has 0 heterocycles. The van der Waals surface area contributed by atoms with Gasteiger partial charge in [0.25, 0.3) is 0 Å². The van der Waals surface area contributed by atoms with Crippen LogP contribution in [0, 0.1) is 0 Å². The number of ether oxygens (including phenoxy) is 2. The van der Waals surface area contributed by atoms with Crippen LogP contribution in [-0.4, -0.2) is 37.5 Å². The van der Waals surface area contributed by atoms with Crippen molar-refractivity contribution in [2.75, 3.05) is 31.7 Å². The van der Waals surface area contributed by atoms with E-state index in [9.17, 15) is 4.79 Å². The maximum Gasteiger partial charge on any atom is 0.319 e. The van der Waals surface area contributed by atoms with E-state index in [1.807, 2.05) is 48.5 Å². The number of aliphatic hydroxyl groups excluding tert-OH is 1. The fourth-order valence-corrected chi connectivity index (χ4v) is 2.01. The monoisotopic (exact) mass is 330 g/mol. The molecule has 0 unspecified atom stereocenters.